The molecule has 0 unspecified atom stereocenters. The molecular formula is C27H29N5O. The van der Waals surface area contributed by atoms with Gasteiger partial charge >= 0.3 is 0 Å². The minimum absolute atomic E-state index is 0.0519. The fourth-order valence-corrected chi connectivity index (χ4v) is 4.54. The summed E-state index contributed by atoms with van der Waals surface area (Å²) in [7, 11) is 0. The molecule has 0 spiro atoms. The van der Waals surface area contributed by atoms with Crippen LogP contribution in [-0.2, 0) is 0 Å². The fourth-order valence-electron chi connectivity index (χ4n) is 4.54. The number of hydrogen-bond donors (Lipinski definition) is 0. The first kappa shape index (κ1) is 21.3. The van der Waals surface area contributed by atoms with Crippen molar-refractivity contribution in [3.63, 3.8) is 0 Å². The number of para-hydroxylation sites is 2. The van der Waals surface area contributed by atoms with Crippen LogP contribution in [0.5, 0.6) is 0 Å². The zero-order valence-corrected chi connectivity index (χ0v) is 19.8. The van der Waals surface area contributed by atoms with Crippen LogP contribution >= 0.6 is 0 Å². The van der Waals surface area contributed by atoms with Crippen molar-refractivity contribution in [3.05, 3.63) is 70.3 Å². The van der Waals surface area contributed by atoms with Gasteiger partial charge in [-0.25, -0.2) is 15.0 Å². The van der Waals surface area contributed by atoms with Crippen LogP contribution in [0, 0.1) is 6.92 Å². The summed E-state index contributed by atoms with van der Waals surface area (Å²) in [4.78, 5) is 28.5. The minimum Gasteiger partial charge on any atom is -0.293 e. The van der Waals surface area contributed by atoms with E-state index in [0.717, 1.165) is 29.6 Å². The number of hydrogen-bond acceptors (Lipinski definition) is 4. The first-order valence-corrected chi connectivity index (χ1v) is 11.7. The molecule has 0 fully saturated rings. The summed E-state index contributed by atoms with van der Waals surface area (Å²) in [5.41, 5.74) is 5.60. The van der Waals surface area contributed by atoms with Gasteiger partial charge in [0, 0.05) is 11.7 Å². The number of fused-ring (bicyclic) bond motifs is 4. The lowest BCUT2D eigenvalue weighted by molar-refractivity contribution is 0.497. The zero-order chi connectivity index (χ0) is 23.3. The van der Waals surface area contributed by atoms with Crippen molar-refractivity contribution < 1.29 is 0 Å². The maximum absolute atomic E-state index is 13.8. The summed E-state index contributed by atoms with van der Waals surface area (Å²) in [5.74, 6) is 1.19. The van der Waals surface area contributed by atoms with Crippen LogP contribution in [0.2, 0.25) is 0 Å². The molecule has 0 amide bonds. The molecule has 6 heteroatoms. The first-order valence-electron chi connectivity index (χ1n) is 11.7. The van der Waals surface area contributed by atoms with Gasteiger partial charge in [0.15, 0.2) is 11.3 Å². The predicted octanol–water partition coefficient (Wildman–Crippen LogP) is 6.08. The SMILES string of the molecule is CC[C@@H](C)c1ccc(-n2c3nc4ccccc4nc3c3c(=O)n([C@@H](C)CC)c(C)nc32)cc1. The van der Waals surface area contributed by atoms with Crippen LogP contribution in [0.3, 0.4) is 0 Å². The number of aryl methyl sites for hydroxylation is 1. The van der Waals surface area contributed by atoms with Crippen LogP contribution in [-0.4, -0.2) is 24.1 Å². The maximum atomic E-state index is 13.8. The Morgan fingerprint density at radius 1 is 0.848 bits per heavy atom. The number of rotatable bonds is 5. The highest BCUT2D eigenvalue weighted by Gasteiger charge is 2.23. The van der Waals surface area contributed by atoms with Crippen LogP contribution in [0.25, 0.3) is 38.9 Å². The number of nitrogens with zero attached hydrogens (tertiary/aromatic N) is 5. The van der Waals surface area contributed by atoms with Crippen LogP contribution in [0.4, 0.5) is 0 Å². The van der Waals surface area contributed by atoms with Gasteiger partial charge in [-0.05, 0) is 62.4 Å². The molecule has 5 aromatic rings. The van der Waals surface area contributed by atoms with Gasteiger partial charge in [-0.15, -0.1) is 0 Å². The summed E-state index contributed by atoms with van der Waals surface area (Å²) in [6.07, 6.45) is 1.93. The van der Waals surface area contributed by atoms with E-state index >= 15 is 0 Å². The van der Waals surface area contributed by atoms with Gasteiger partial charge in [0.25, 0.3) is 5.56 Å². The third kappa shape index (κ3) is 3.32. The van der Waals surface area contributed by atoms with Crippen molar-refractivity contribution in [1.82, 2.24) is 24.1 Å². The molecule has 33 heavy (non-hydrogen) atoms. The molecule has 3 heterocycles. The van der Waals surface area contributed by atoms with Crippen molar-refractivity contribution in [3.8, 4) is 5.69 Å². The highest BCUT2D eigenvalue weighted by atomic mass is 16.1. The van der Waals surface area contributed by atoms with E-state index in [1.807, 2.05) is 35.8 Å². The Hall–Kier alpha value is -3.54. The second-order valence-electron chi connectivity index (χ2n) is 8.91. The highest BCUT2D eigenvalue weighted by Crippen LogP contribution is 2.30. The summed E-state index contributed by atoms with van der Waals surface area (Å²) in [5, 5.41) is 0.528. The topological polar surface area (TPSA) is 65.6 Å². The molecule has 6 nitrogen and oxygen atoms in total. The number of aromatic nitrogens is 5. The van der Waals surface area contributed by atoms with Crippen molar-refractivity contribution >= 4 is 33.2 Å². The number of benzene rings is 2. The second-order valence-corrected chi connectivity index (χ2v) is 8.91. The molecule has 0 saturated heterocycles. The molecule has 2 aromatic carbocycles. The lowest BCUT2D eigenvalue weighted by atomic mass is 9.99. The molecular weight excluding hydrogens is 410 g/mol. The van der Waals surface area contributed by atoms with E-state index in [-0.39, 0.29) is 11.6 Å². The largest absolute Gasteiger partial charge is 0.293 e. The van der Waals surface area contributed by atoms with Gasteiger partial charge in [-0.1, -0.05) is 45.0 Å². The molecule has 0 aliphatic rings. The summed E-state index contributed by atoms with van der Waals surface area (Å²) in [6.45, 7) is 10.5. The normalized spacial score (nSPS) is 13.7. The lowest BCUT2D eigenvalue weighted by Crippen LogP contribution is -2.26. The zero-order valence-electron chi connectivity index (χ0n) is 19.8. The van der Waals surface area contributed by atoms with E-state index in [1.165, 1.54) is 5.56 Å². The van der Waals surface area contributed by atoms with Crippen molar-refractivity contribution in [2.24, 2.45) is 0 Å². The Morgan fingerprint density at radius 3 is 2.15 bits per heavy atom. The lowest BCUT2D eigenvalue weighted by Gasteiger charge is -2.16. The smallest absolute Gasteiger partial charge is 0.265 e. The minimum atomic E-state index is -0.0589. The standard InChI is InChI=1S/C27H29N5O/c1-6-16(3)19-12-14-20(15-13-19)32-25-23(27(33)31(17(4)7-2)18(5)28-25)24-26(32)30-22-11-9-8-10-21(22)29-24/h8-17H,6-7H2,1-5H3/t16-,17+/m1/s1. The fraction of sp³-hybridized carbons (Fsp3) is 0.333. The van der Waals surface area contributed by atoms with Gasteiger partial charge < -0.3 is 0 Å². The molecule has 0 bridgehead atoms. The molecule has 0 aliphatic heterocycles. The molecule has 5 rings (SSSR count). The summed E-state index contributed by atoms with van der Waals surface area (Å²) >= 11 is 0. The predicted molar refractivity (Wildman–Crippen MR) is 134 cm³/mol. The van der Waals surface area contributed by atoms with Gasteiger partial charge in [-0.2, -0.15) is 0 Å². The molecule has 3 aromatic heterocycles. The second kappa shape index (κ2) is 8.10. The first-order chi connectivity index (χ1) is 15.9. The molecule has 0 radical (unpaired) electrons. The van der Waals surface area contributed by atoms with E-state index in [4.69, 9.17) is 15.0 Å². The van der Waals surface area contributed by atoms with E-state index in [0.29, 0.717) is 33.9 Å². The quantitative estimate of drug-likeness (QED) is 0.333. The summed E-state index contributed by atoms with van der Waals surface area (Å²) in [6, 6.07) is 16.3. The molecule has 0 saturated carbocycles. The van der Waals surface area contributed by atoms with Gasteiger partial charge in [0.1, 0.15) is 16.7 Å². The monoisotopic (exact) mass is 439 g/mol. The van der Waals surface area contributed by atoms with Gasteiger partial charge in [-0.3, -0.25) is 13.9 Å². The third-order valence-corrected chi connectivity index (χ3v) is 6.85. The average molecular weight is 440 g/mol. The maximum Gasteiger partial charge on any atom is 0.265 e. The third-order valence-electron chi connectivity index (χ3n) is 6.85. The van der Waals surface area contributed by atoms with Gasteiger partial charge in [0.05, 0.1) is 11.0 Å². The van der Waals surface area contributed by atoms with Crippen molar-refractivity contribution in [1.29, 1.82) is 0 Å². The van der Waals surface area contributed by atoms with Crippen molar-refractivity contribution in [2.75, 3.05) is 0 Å². The Morgan fingerprint density at radius 2 is 1.52 bits per heavy atom. The average Bonchev–Trinajstić information content (AvgIpc) is 3.14. The Labute approximate surface area is 192 Å². The Bertz CT molecular complexity index is 1550. The van der Waals surface area contributed by atoms with E-state index in [1.54, 1.807) is 4.57 Å². The van der Waals surface area contributed by atoms with Gasteiger partial charge in [0.2, 0.25) is 0 Å². The molecule has 2 atom stereocenters. The molecule has 0 N–H and O–H groups in total. The van der Waals surface area contributed by atoms with Crippen molar-refractivity contribution in [2.45, 2.75) is 59.4 Å². The van der Waals surface area contributed by atoms with Crippen LogP contribution < -0.4 is 5.56 Å². The molecule has 0 aliphatic carbocycles. The Balaban J connectivity index is 1.91. The highest BCUT2D eigenvalue weighted by molar-refractivity contribution is 6.05. The van der Waals surface area contributed by atoms with Crippen LogP contribution in [0.15, 0.2) is 53.3 Å². The molecule has 168 valence electrons. The van der Waals surface area contributed by atoms with Crippen LogP contribution in [0.1, 0.15) is 63.9 Å². The van der Waals surface area contributed by atoms with E-state index in [2.05, 4.69) is 52.0 Å². The Kier molecular flexibility index (Phi) is 5.23. The van der Waals surface area contributed by atoms with E-state index in [9.17, 15) is 4.79 Å². The summed E-state index contributed by atoms with van der Waals surface area (Å²) < 4.78 is 3.77. The van der Waals surface area contributed by atoms with E-state index < -0.39 is 0 Å².